The third-order valence-corrected chi connectivity index (χ3v) is 18.2. The highest BCUT2D eigenvalue weighted by Gasteiger charge is 2.43. The highest BCUT2D eigenvalue weighted by molar-refractivity contribution is 7.95. The Balaban J connectivity index is 1.05. The molecule has 0 amide bonds. The molecular formula is C42H57N19O13S3. The number of aliphatic hydroxyl groups is 1. The van der Waals surface area contributed by atoms with Gasteiger partial charge in [0.05, 0.1) is 58.9 Å². The van der Waals surface area contributed by atoms with Crippen LogP contribution in [-0.2, 0) is 39.3 Å². The first-order chi connectivity index (χ1) is 36.9. The Morgan fingerprint density at radius 1 is 0.740 bits per heavy atom. The number of rotatable bonds is 16. The van der Waals surface area contributed by atoms with E-state index >= 15 is 0 Å². The van der Waals surface area contributed by atoms with Crippen LogP contribution in [0.3, 0.4) is 0 Å². The minimum atomic E-state index is -4.68. The highest BCUT2D eigenvalue weighted by Crippen LogP contribution is 2.47. The van der Waals surface area contributed by atoms with Crippen LogP contribution in [0.15, 0.2) is 32.9 Å². The Kier molecular flexibility index (Phi) is 17.0. The zero-order valence-electron chi connectivity index (χ0n) is 41.0. The van der Waals surface area contributed by atoms with Gasteiger partial charge in [0.2, 0.25) is 0 Å². The summed E-state index contributed by atoms with van der Waals surface area (Å²) in [5.41, 5.74) is 15.0. The number of anilines is 2. The summed E-state index contributed by atoms with van der Waals surface area (Å²) in [6.45, 7) is 7.90. The summed E-state index contributed by atoms with van der Waals surface area (Å²) in [6.07, 6.45) is 6.76. The summed E-state index contributed by atoms with van der Waals surface area (Å²) in [5.74, 6) is -2.70. The fraction of sp³-hybridized carbons (Fsp3) is 0.643. The van der Waals surface area contributed by atoms with E-state index < -0.39 is 78.9 Å². The van der Waals surface area contributed by atoms with Crippen molar-refractivity contribution in [2.24, 2.45) is 26.4 Å². The summed E-state index contributed by atoms with van der Waals surface area (Å²) in [5, 5.41) is 85.9. The number of azo groups is 2. The van der Waals surface area contributed by atoms with Gasteiger partial charge in [-0.05, 0) is 64.2 Å². The Hall–Kier alpha value is -6.06. The number of aromatic nitrogens is 8. The van der Waals surface area contributed by atoms with Gasteiger partial charge >= 0.3 is 5.97 Å². The van der Waals surface area contributed by atoms with Gasteiger partial charge < -0.3 is 21.5 Å². The molecule has 5 fully saturated rings. The molecule has 77 heavy (non-hydrogen) atoms. The van der Waals surface area contributed by atoms with E-state index in [1.165, 1.54) is 31.1 Å². The van der Waals surface area contributed by atoms with Crippen LogP contribution in [0.2, 0.25) is 0 Å². The van der Waals surface area contributed by atoms with Crippen LogP contribution < -0.4 is 27.4 Å². The van der Waals surface area contributed by atoms with Crippen molar-refractivity contribution >= 4 is 78.6 Å². The number of nitrogens with two attached hydrogens (primary N) is 2. The van der Waals surface area contributed by atoms with E-state index in [2.05, 4.69) is 65.7 Å². The molecule has 9 atom stereocenters. The van der Waals surface area contributed by atoms with Crippen LogP contribution in [-0.4, -0.2) is 109 Å². The van der Waals surface area contributed by atoms with Gasteiger partial charge in [-0.1, -0.05) is 43.6 Å². The van der Waals surface area contributed by atoms with Gasteiger partial charge in [0, 0.05) is 29.1 Å². The molecule has 4 aromatic heterocycles. The molecule has 32 nitrogen and oxygen atoms in total. The summed E-state index contributed by atoms with van der Waals surface area (Å²) >= 11 is 0.662. The molecule has 1 saturated heterocycles. The molecule has 35 heteroatoms. The SMILES string of the molecule is [C-]#[N+]c1cnn(C2CC(SOOO)CC(S(=O)(=O)O)C2)c1N=Nc1c(C2CCCCC2)nn(C2NC(O)NC(n3nc(C4CCCCC4)c(N=Nc4c(C#N)cnn4C4CC(C(=O)OO)CC(S(=O)(=O)O)C4)c3N)N2)c1N. The fourth-order valence-electron chi connectivity index (χ4n) is 11.2. The first-order valence-corrected chi connectivity index (χ1v) is 28.6. The Morgan fingerprint density at radius 3 is 1.78 bits per heavy atom. The zero-order valence-corrected chi connectivity index (χ0v) is 43.4. The zero-order chi connectivity index (χ0) is 54.8. The molecule has 9 rings (SSSR count). The maximum absolute atomic E-state index is 12.5. The van der Waals surface area contributed by atoms with Gasteiger partial charge in [-0.25, -0.2) is 44.9 Å². The number of nitrogens with zero attached hydrogens (tertiary/aromatic N) is 14. The normalized spacial score (nSPS) is 27.2. The molecule has 5 heterocycles. The highest BCUT2D eigenvalue weighted by atomic mass is 32.2. The van der Waals surface area contributed by atoms with Crippen LogP contribution in [0, 0.1) is 23.8 Å². The van der Waals surface area contributed by atoms with Crippen LogP contribution in [0.25, 0.3) is 4.85 Å². The summed E-state index contributed by atoms with van der Waals surface area (Å²) in [6, 6.07) is 0.328. The largest absolute Gasteiger partial charge is 0.382 e. The molecule has 5 aliphatic rings. The van der Waals surface area contributed by atoms with Crippen molar-refractivity contribution in [1.29, 1.82) is 5.26 Å². The van der Waals surface area contributed by atoms with Crippen molar-refractivity contribution in [2.75, 3.05) is 11.5 Å². The van der Waals surface area contributed by atoms with E-state index in [0.717, 1.165) is 64.2 Å². The molecule has 416 valence electrons. The van der Waals surface area contributed by atoms with Crippen molar-refractivity contribution < 1.29 is 60.6 Å². The lowest BCUT2D eigenvalue weighted by Gasteiger charge is -2.36. The second-order valence-corrected chi connectivity index (χ2v) is 24.1. The number of aliphatic hydroxyl groups excluding tert-OH is 1. The van der Waals surface area contributed by atoms with Crippen molar-refractivity contribution in [3.63, 3.8) is 0 Å². The maximum atomic E-state index is 12.5. The quantitative estimate of drug-likeness (QED) is 0.0161. The van der Waals surface area contributed by atoms with Crippen molar-refractivity contribution in [3.05, 3.63) is 40.8 Å². The molecule has 12 N–H and O–H groups in total. The van der Waals surface area contributed by atoms with Gasteiger partial charge in [0.25, 0.3) is 25.9 Å². The molecule has 0 bridgehead atoms. The number of hydrogen-bond donors (Lipinski definition) is 10. The van der Waals surface area contributed by atoms with Gasteiger partial charge in [0.1, 0.15) is 11.6 Å². The number of carbonyl (C=O) groups is 1. The minimum absolute atomic E-state index is 0.000462. The summed E-state index contributed by atoms with van der Waals surface area (Å²) in [7, 11) is -9.22. The lowest BCUT2D eigenvalue weighted by atomic mass is 9.85. The first kappa shape index (κ1) is 55.7. The van der Waals surface area contributed by atoms with Gasteiger partial charge in [-0.15, -0.1) is 24.8 Å². The third-order valence-electron chi connectivity index (χ3n) is 15.0. The first-order valence-electron chi connectivity index (χ1n) is 24.8. The molecule has 0 aromatic carbocycles. The van der Waals surface area contributed by atoms with E-state index in [4.69, 9.17) is 38.8 Å². The number of nitrogens with one attached hydrogen (secondary N) is 3. The predicted octanol–water partition coefficient (Wildman–Crippen LogP) is 5.69. The minimum Gasteiger partial charge on any atom is -0.382 e. The smallest absolute Gasteiger partial charge is 0.345 e. The second kappa shape index (κ2) is 23.5. The number of nitrogen functional groups attached to an aromatic ring is 2. The van der Waals surface area contributed by atoms with Crippen molar-refractivity contribution in [2.45, 2.75) is 161 Å². The Labute approximate surface area is 443 Å². The Bertz CT molecular complexity index is 3170. The Morgan fingerprint density at radius 2 is 1.26 bits per heavy atom. The summed E-state index contributed by atoms with van der Waals surface area (Å²) < 4.78 is 79.6. The molecule has 9 unspecified atom stereocenters. The molecule has 4 aromatic rings. The molecule has 0 radical (unpaired) electrons. The fourth-order valence-corrected chi connectivity index (χ4v) is 14.0. The average molecular weight is 1130 g/mol. The maximum Gasteiger partial charge on any atom is 0.345 e. The van der Waals surface area contributed by atoms with E-state index in [1.807, 2.05) is 6.07 Å². The molecule has 4 saturated carbocycles. The van der Waals surface area contributed by atoms with Gasteiger partial charge in [-0.2, -0.15) is 47.7 Å². The molecule has 1 aliphatic heterocycles. The number of hydrogen-bond acceptors (Lipinski definition) is 26. The average Bonchev–Trinajstić information content (AvgIpc) is 4.21. The molecule has 0 spiro atoms. The topological polar surface area (TPSA) is 451 Å². The molecular weight excluding hydrogens is 1070 g/mol. The van der Waals surface area contributed by atoms with Crippen LogP contribution in [0.1, 0.15) is 156 Å². The van der Waals surface area contributed by atoms with Crippen molar-refractivity contribution in [3.8, 4) is 6.07 Å². The van der Waals surface area contributed by atoms with E-state index in [1.54, 1.807) is 0 Å². The monoisotopic (exact) mass is 1130 g/mol. The lowest BCUT2D eigenvalue weighted by molar-refractivity contribution is -0.432. The van der Waals surface area contributed by atoms with E-state index in [9.17, 15) is 41.1 Å². The predicted molar refractivity (Wildman–Crippen MR) is 267 cm³/mol. The second-order valence-electron chi connectivity index (χ2n) is 19.7. The van der Waals surface area contributed by atoms with Gasteiger partial charge in [-0.3, -0.25) is 13.8 Å². The van der Waals surface area contributed by atoms with Crippen LogP contribution >= 0.6 is 12.0 Å². The summed E-state index contributed by atoms with van der Waals surface area (Å²) in [4.78, 5) is 20.0. The van der Waals surface area contributed by atoms with E-state index in [-0.39, 0.29) is 96.3 Å². The van der Waals surface area contributed by atoms with Crippen molar-refractivity contribution in [1.82, 2.24) is 55.1 Å². The van der Waals surface area contributed by atoms with E-state index in [0.29, 0.717) is 23.4 Å². The van der Waals surface area contributed by atoms with Crippen LogP contribution in [0.5, 0.6) is 0 Å². The third kappa shape index (κ3) is 12.0. The number of carbonyl (C=O) groups excluding carboxylic acids is 1. The molecule has 4 aliphatic carbocycles. The standard InChI is InChI=1S/C42H57N19O13S3/c1-46-30-20-48-59(26-14-27(75-74-73-65)17-29(16-26)77(69,70)71)38(30)55-53-34-32(22-10-6-3-7-11-22)57-61(36(34)45)41-49-40(50-42(63)51-41)60-35(44)33(31(56-60)21-8-4-2-5-9-21)52-54-37-24(18-43)19-47-58(37)25-12-23(39(62)72-64)13-28(15-25)76(66,67)68/h19-23,25-29,40-42,49-51,63-65H,2-17,44-45H2,(H,66,67,68)(H,69,70,71). The van der Waals surface area contributed by atoms with Gasteiger partial charge in [0.15, 0.2) is 53.6 Å². The number of nitriles is 1. The lowest BCUT2D eigenvalue weighted by Crippen LogP contribution is -2.62. The van der Waals surface area contributed by atoms with Crippen LogP contribution in [0.4, 0.5) is 40.3 Å².